The zero-order valence-electron chi connectivity index (χ0n) is 15.6. The molecular weight excluding hydrogens is 350 g/mol. The molecule has 8 atom stereocenters. The molecule has 8 heteroatoms. The molecule has 0 saturated carbocycles. The molecule has 148 valence electrons. The molecule has 2 aliphatic heterocycles. The molecular formula is C19H27N3O5. The molecule has 8 nitrogen and oxygen atoms in total. The summed E-state index contributed by atoms with van der Waals surface area (Å²) in [6, 6.07) is 9.15. The topological polar surface area (TPSA) is 117 Å². The molecule has 0 aliphatic carbocycles. The van der Waals surface area contributed by atoms with Crippen molar-refractivity contribution in [2.75, 3.05) is 6.61 Å². The van der Waals surface area contributed by atoms with Gasteiger partial charge in [-0.25, -0.2) is 0 Å². The first kappa shape index (κ1) is 20.1. The summed E-state index contributed by atoms with van der Waals surface area (Å²) in [5.41, 5.74) is 9.96. The molecule has 2 saturated heterocycles. The molecule has 27 heavy (non-hydrogen) atoms. The zero-order chi connectivity index (χ0) is 19.4. The average Bonchev–Trinajstić information content (AvgIpc) is 3.03. The molecule has 0 amide bonds. The predicted molar refractivity (Wildman–Crippen MR) is 97.8 cm³/mol. The number of rotatable bonds is 6. The van der Waals surface area contributed by atoms with E-state index in [4.69, 9.17) is 19.7 Å². The standard InChI is InChI=1S/C19H27N3O5/c1-3-13-17(21-22-20)18(24)16(14(10-23)26-13)19-11(2)25-15(27-19)9-12-7-5-4-6-8-12/h4-8,11,13-19,23-24H,3,9-10H2,1-2H3/t11?,13-,14?,15?,16-,17-,18?,19?/m1/s1. The first-order chi connectivity index (χ1) is 13.1. The third-order valence-corrected chi connectivity index (χ3v) is 5.43. The van der Waals surface area contributed by atoms with Crippen LogP contribution in [0.4, 0.5) is 0 Å². The van der Waals surface area contributed by atoms with Crippen molar-refractivity contribution in [1.82, 2.24) is 0 Å². The van der Waals surface area contributed by atoms with Gasteiger partial charge in [-0.15, -0.1) is 0 Å². The number of ether oxygens (including phenoxy) is 3. The number of nitrogens with zero attached hydrogens (tertiary/aromatic N) is 3. The number of hydrogen-bond acceptors (Lipinski definition) is 6. The van der Waals surface area contributed by atoms with E-state index in [0.29, 0.717) is 12.8 Å². The zero-order valence-corrected chi connectivity index (χ0v) is 15.6. The molecule has 0 spiro atoms. The summed E-state index contributed by atoms with van der Waals surface area (Å²) in [7, 11) is 0. The Morgan fingerprint density at radius 2 is 1.89 bits per heavy atom. The Morgan fingerprint density at radius 3 is 2.52 bits per heavy atom. The molecule has 2 aliphatic rings. The van der Waals surface area contributed by atoms with Crippen molar-refractivity contribution < 1.29 is 24.4 Å². The lowest BCUT2D eigenvalue weighted by Gasteiger charge is -2.45. The molecule has 1 aromatic rings. The van der Waals surface area contributed by atoms with Gasteiger partial charge in [-0.05, 0) is 24.4 Å². The first-order valence-corrected chi connectivity index (χ1v) is 9.42. The summed E-state index contributed by atoms with van der Waals surface area (Å²) in [6.07, 6.45) is -2.08. The third kappa shape index (κ3) is 4.27. The van der Waals surface area contributed by atoms with Gasteiger partial charge < -0.3 is 24.4 Å². The van der Waals surface area contributed by atoms with Crippen LogP contribution in [0.1, 0.15) is 25.8 Å². The summed E-state index contributed by atoms with van der Waals surface area (Å²) < 4.78 is 18.0. The lowest BCUT2D eigenvalue weighted by Crippen LogP contribution is -2.59. The van der Waals surface area contributed by atoms with Gasteiger partial charge in [0, 0.05) is 17.3 Å². The second-order valence-corrected chi connectivity index (χ2v) is 7.13. The first-order valence-electron chi connectivity index (χ1n) is 9.42. The molecule has 2 heterocycles. The Labute approximate surface area is 158 Å². The predicted octanol–water partition coefficient (Wildman–Crippen LogP) is 2.18. The smallest absolute Gasteiger partial charge is 0.162 e. The number of hydrogen-bond donors (Lipinski definition) is 2. The Balaban J connectivity index is 1.77. The van der Waals surface area contributed by atoms with Crippen LogP contribution in [0.3, 0.4) is 0 Å². The highest BCUT2D eigenvalue weighted by Gasteiger charge is 2.51. The van der Waals surface area contributed by atoms with Crippen LogP contribution in [0.15, 0.2) is 35.4 Å². The highest BCUT2D eigenvalue weighted by atomic mass is 16.7. The van der Waals surface area contributed by atoms with Crippen LogP contribution in [-0.4, -0.2) is 59.7 Å². The molecule has 2 N–H and O–H groups in total. The number of azide groups is 1. The van der Waals surface area contributed by atoms with Crippen LogP contribution in [0.2, 0.25) is 0 Å². The van der Waals surface area contributed by atoms with E-state index < -0.39 is 42.7 Å². The van der Waals surface area contributed by atoms with E-state index in [0.717, 1.165) is 5.56 Å². The quantitative estimate of drug-likeness (QED) is 0.448. The number of benzene rings is 1. The molecule has 0 radical (unpaired) electrons. The van der Waals surface area contributed by atoms with E-state index in [9.17, 15) is 10.2 Å². The molecule has 2 fully saturated rings. The van der Waals surface area contributed by atoms with E-state index in [-0.39, 0.29) is 12.7 Å². The van der Waals surface area contributed by atoms with Crippen LogP contribution < -0.4 is 0 Å². The van der Waals surface area contributed by atoms with E-state index >= 15 is 0 Å². The molecule has 5 unspecified atom stereocenters. The second-order valence-electron chi connectivity index (χ2n) is 7.13. The van der Waals surface area contributed by atoms with Gasteiger partial charge in [0.25, 0.3) is 0 Å². The van der Waals surface area contributed by atoms with Crippen LogP contribution in [-0.2, 0) is 20.6 Å². The van der Waals surface area contributed by atoms with Gasteiger partial charge in [-0.1, -0.05) is 42.4 Å². The van der Waals surface area contributed by atoms with Crippen LogP contribution >= 0.6 is 0 Å². The molecule has 1 aromatic carbocycles. The Hall–Kier alpha value is -1.67. The van der Waals surface area contributed by atoms with Crippen molar-refractivity contribution in [3.8, 4) is 0 Å². The average molecular weight is 377 g/mol. The van der Waals surface area contributed by atoms with E-state index in [1.165, 1.54) is 0 Å². The fourth-order valence-corrected chi connectivity index (χ4v) is 4.12. The van der Waals surface area contributed by atoms with Crippen LogP contribution in [0.25, 0.3) is 10.4 Å². The number of aliphatic hydroxyl groups excluding tert-OH is 2. The minimum Gasteiger partial charge on any atom is -0.394 e. The minimum absolute atomic E-state index is 0.253. The van der Waals surface area contributed by atoms with Crippen molar-refractivity contribution in [1.29, 1.82) is 0 Å². The Kier molecular flexibility index (Phi) is 6.70. The lowest BCUT2D eigenvalue weighted by atomic mass is 9.80. The maximum absolute atomic E-state index is 10.9. The van der Waals surface area contributed by atoms with E-state index in [1.807, 2.05) is 44.2 Å². The van der Waals surface area contributed by atoms with Gasteiger partial charge in [0.05, 0.1) is 43.2 Å². The Bertz CT molecular complexity index is 654. The monoisotopic (exact) mass is 377 g/mol. The summed E-state index contributed by atoms with van der Waals surface area (Å²) in [5.74, 6) is -0.552. The Morgan fingerprint density at radius 1 is 1.15 bits per heavy atom. The largest absolute Gasteiger partial charge is 0.394 e. The van der Waals surface area contributed by atoms with Crippen molar-refractivity contribution in [2.24, 2.45) is 11.0 Å². The van der Waals surface area contributed by atoms with Crippen molar-refractivity contribution in [2.45, 2.75) is 69.5 Å². The van der Waals surface area contributed by atoms with Crippen molar-refractivity contribution >= 4 is 0 Å². The summed E-state index contributed by atoms with van der Waals surface area (Å²) in [6.45, 7) is 3.52. The third-order valence-electron chi connectivity index (χ3n) is 5.43. The van der Waals surface area contributed by atoms with Gasteiger partial charge >= 0.3 is 0 Å². The SMILES string of the molecule is CC[C@H]1OC(CO)[C@@H](C2OC(Cc3ccccc3)OC2C)C(O)[C@@H]1N=[N+]=[N-]. The number of aliphatic hydroxyl groups is 2. The van der Waals surface area contributed by atoms with Crippen molar-refractivity contribution in [3.63, 3.8) is 0 Å². The summed E-state index contributed by atoms with van der Waals surface area (Å²) in [5, 5.41) is 24.5. The summed E-state index contributed by atoms with van der Waals surface area (Å²) in [4.78, 5) is 2.86. The lowest BCUT2D eigenvalue weighted by molar-refractivity contribution is -0.192. The van der Waals surface area contributed by atoms with Gasteiger partial charge in [-0.3, -0.25) is 0 Å². The van der Waals surface area contributed by atoms with Crippen molar-refractivity contribution in [3.05, 3.63) is 46.3 Å². The van der Waals surface area contributed by atoms with Crippen LogP contribution in [0, 0.1) is 5.92 Å². The van der Waals surface area contributed by atoms with E-state index in [1.54, 1.807) is 0 Å². The summed E-state index contributed by atoms with van der Waals surface area (Å²) >= 11 is 0. The van der Waals surface area contributed by atoms with Gasteiger partial charge in [0.2, 0.25) is 0 Å². The molecule has 3 rings (SSSR count). The fourth-order valence-electron chi connectivity index (χ4n) is 4.12. The van der Waals surface area contributed by atoms with Gasteiger partial charge in [0.1, 0.15) is 0 Å². The molecule has 0 bridgehead atoms. The maximum Gasteiger partial charge on any atom is 0.162 e. The van der Waals surface area contributed by atoms with E-state index in [2.05, 4.69) is 10.0 Å². The van der Waals surface area contributed by atoms with Gasteiger partial charge in [0.15, 0.2) is 6.29 Å². The highest BCUT2D eigenvalue weighted by Crippen LogP contribution is 2.38. The highest BCUT2D eigenvalue weighted by molar-refractivity contribution is 5.15. The second kappa shape index (κ2) is 9.01. The maximum atomic E-state index is 10.9. The van der Waals surface area contributed by atoms with Gasteiger partial charge in [-0.2, -0.15) is 0 Å². The molecule has 0 aromatic heterocycles. The fraction of sp³-hybridized carbons (Fsp3) is 0.684. The normalized spacial score (nSPS) is 39.1. The minimum atomic E-state index is -0.983. The van der Waals surface area contributed by atoms with Crippen LogP contribution in [0.5, 0.6) is 0 Å².